The Morgan fingerprint density at radius 2 is 1.19 bits per heavy atom. The molecule has 4 heterocycles. The summed E-state index contributed by atoms with van der Waals surface area (Å²) in [7, 11) is -1.69. The van der Waals surface area contributed by atoms with Crippen molar-refractivity contribution < 1.29 is 61.7 Å². The van der Waals surface area contributed by atoms with Crippen molar-refractivity contribution >= 4 is 27.0 Å². The molecule has 13 nitrogen and oxygen atoms in total. The highest BCUT2D eigenvalue weighted by molar-refractivity contribution is 6.99. The molecule has 0 saturated carbocycles. The topological polar surface area (TPSA) is 142 Å². The molecule has 0 aromatic heterocycles. The molecule has 488 valence electrons. The van der Waals surface area contributed by atoms with Crippen LogP contribution in [-0.4, -0.2) is 126 Å². The molecule has 0 unspecified atom stereocenters. The minimum Gasteiger partial charge on any atom is -0.497 e. The summed E-state index contributed by atoms with van der Waals surface area (Å²) >= 11 is 0. The first-order chi connectivity index (χ1) is 42.8. The highest BCUT2D eigenvalue weighted by Gasteiger charge is 2.55. The van der Waals surface area contributed by atoms with Crippen LogP contribution in [0.1, 0.15) is 150 Å². The molecule has 0 bridgehead atoms. The summed E-state index contributed by atoms with van der Waals surface area (Å²) in [6.07, 6.45) is 2.44. The summed E-state index contributed by atoms with van der Waals surface area (Å²) in [6, 6.07) is 50.6. The predicted molar refractivity (Wildman–Crippen MR) is 356 cm³/mol. The number of ether oxygens (including phenoxy) is 9. The summed E-state index contributed by atoms with van der Waals surface area (Å²) < 4.78 is 74.2. The van der Waals surface area contributed by atoms with Crippen LogP contribution in [-0.2, 0) is 61.8 Å². The van der Waals surface area contributed by atoms with Crippen LogP contribution in [0.5, 0.6) is 11.5 Å². The lowest BCUT2D eigenvalue weighted by Crippen LogP contribution is -2.67. The van der Waals surface area contributed by atoms with Gasteiger partial charge >= 0.3 is 0 Å². The molecule has 15 heteroatoms. The lowest BCUT2D eigenvalue weighted by Gasteiger charge is -2.45. The van der Waals surface area contributed by atoms with E-state index in [-0.39, 0.29) is 35.7 Å². The second-order valence-electron chi connectivity index (χ2n) is 27.6. The van der Waals surface area contributed by atoms with E-state index in [1.807, 2.05) is 66.7 Å². The van der Waals surface area contributed by atoms with Gasteiger partial charge in [0.05, 0.1) is 94.6 Å². The van der Waals surface area contributed by atoms with Crippen LogP contribution in [0.2, 0.25) is 23.2 Å². The van der Waals surface area contributed by atoms with Gasteiger partial charge in [0.15, 0.2) is 14.1 Å². The monoisotopic (exact) mass is 1260 g/mol. The van der Waals surface area contributed by atoms with Crippen molar-refractivity contribution in [1.82, 2.24) is 0 Å². The minimum absolute atomic E-state index is 0.0830. The van der Waals surface area contributed by atoms with Gasteiger partial charge < -0.3 is 61.7 Å². The van der Waals surface area contributed by atoms with Crippen LogP contribution in [0.4, 0.5) is 0 Å². The zero-order valence-corrected chi connectivity index (χ0v) is 57.4. The first-order valence-corrected chi connectivity index (χ1v) is 37.8. The van der Waals surface area contributed by atoms with E-state index in [9.17, 15) is 10.2 Å². The maximum atomic E-state index is 12.9. The number of methoxy groups -OCH3 is 2. The van der Waals surface area contributed by atoms with Crippen molar-refractivity contribution in [3.8, 4) is 11.5 Å². The van der Waals surface area contributed by atoms with Gasteiger partial charge in [0.1, 0.15) is 23.7 Å². The summed E-state index contributed by atoms with van der Waals surface area (Å²) in [4.78, 5) is 0. The van der Waals surface area contributed by atoms with Crippen molar-refractivity contribution in [3.05, 3.63) is 156 Å². The maximum Gasteiger partial charge on any atom is 0.261 e. The van der Waals surface area contributed by atoms with Gasteiger partial charge in [0.25, 0.3) is 8.32 Å². The Morgan fingerprint density at radius 1 is 0.629 bits per heavy atom. The molecule has 0 amide bonds. The van der Waals surface area contributed by atoms with Crippen molar-refractivity contribution in [2.75, 3.05) is 27.4 Å². The van der Waals surface area contributed by atoms with Gasteiger partial charge in [0.2, 0.25) is 0 Å². The normalized spacial score (nSPS) is 26.2. The molecule has 5 aromatic rings. The Morgan fingerprint density at radius 3 is 1.78 bits per heavy atom. The Balaban J connectivity index is 0.909. The van der Waals surface area contributed by atoms with Gasteiger partial charge in [0, 0.05) is 38.2 Å². The van der Waals surface area contributed by atoms with Crippen molar-refractivity contribution in [3.63, 3.8) is 0 Å². The van der Waals surface area contributed by atoms with E-state index in [1.54, 1.807) is 14.2 Å². The number of hydrogen-bond donors (Lipinski definition) is 2. The quantitative estimate of drug-likeness (QED) is 0.0395. The summed E-state index contributed by atoms with van der Waals surface area (Å²) in [5.74, 6) is 0.820. The summed E-state index contributed by atoms with van der Waals surface area (Å²) in [5.41, 5.74) is 1.76. The third-order valence-corrected chi connectivity index (χ3v) is 29.8. The van der Waals surface area contributed by atoms with E-state index in [2.05, 4.69) is 135 Å². The molecule has 0 aliphatic carbocycles. The van der Waals surface area contributed by atoms with E-state index in [1.165, 1.54) is 10.4 Å². The average molecular weight is 1260 g/mol. The number of benzene rings is 5. The Kier molecular flexibility index (Phi) is 24.1. The number of aliphatic hydroxyl groups excluding tert-OH is 2. The standard InChI is InChI=1S/C74H106O13Si2/c1-12-88(13-2,14-3)87-68-47-67(69(76)66-42-46-74(86-66)43-24-31-63(85-74)54(4)49-82-89(71(5,6)7,60-27-20-16-21-28-60)61-29-22-17-23-30-61)83-70(68)62(75)48-72(8,81-52-57-34-38-59(78-11)39-35-57)44-40-64(80-51-56-32-36-58(77-10)37-33-56)65-41-45-73(9,84-65)53-79-50-55-25-18-15-19-26-55/h15-23,25-30,32-39,54,62-70,75-76H,12-14,24,31,40-53H2,1-11H3/t54-,62-,63-,64+,65+,66-,67+,68+,69+,70-,72-,73+,74-/m0/s1. The summed E-state index contributed by atoms with van der Waals surface area (Å²) in [5, 5.41) is 27.9. The summed E-state index contributed by atoms with van der Waals surface area (Å²) in [6.45, 7) is 22.3. The van der Waals surface area contributed by atoms with Crippen molar-refractivity contribution in [1.29, 1.82) is 0 Å². The van der Waals surface area contributed by atoms with Gasteiger partial charge in [-0.2, -0.15) is 0 Å². The third-order valence-electron chi connectivity index (χ3n) is 20.1. The average Bonchev–Trinajstić information content (AvgIpc) is 1.25. The molecule has 4 fully saturated rings. The molecule has 0 radical (unpaired) electrons. The van der Waals surface area contributed by atoms with Crippen LogP contribution in [0.3, 0.4) is 0 Å². The fraction of sp³-hybridized carbons (Fsp3) is 0.595. The zero-order chi connectivity index (χ0) is 63.3. The first-order valence-electron chi connectivity index (χ1n) is 33.4. The van der Waals surface area contributed by atoms with Crippen molar-refractivity contribution in [2.45, 2.75) is 248 Å². The Labute approximate surface area is 535 Å². The molecule has 4 aliphatic rings. The van der Waals surface area contributed by atoms with Gasteiger partial charge in [-0.3, -0.25) is 0 Å². The molecule has 4 aliphatic heterocycles. The second-order valence-corrected chi connectivity index (χ2v) is 36.6. The minimum atomic E-state index is -2.77. The number of hydrogen-bond acceptors (Lipinski definition) is 13. The fourth-order valence-electron chi connectivity index (χ4n) is 14.5. The molecule has 9 rings (SSSR count). The van der Waals surface area contributed by atoms with Gasteiger partial charge in [-0.15, -0.1) is 0 Å². The van der Waals surface area contributed by atoms with E-state index < -0.39 is 70.2 Å². The Hall–Kier alpha value is -4.31. The lowest BCUT2D eigenvalue weighted by atomic mass is 9.87. The second kappa shape index (κ2) is 31.1. The third kappa shape index (κ3) is 17.3. The van der Waals surface area contributed by atoms with Gasteiger partial charge in [-0.1, -0.05) is 164 Å². The number of rotatable bonds is 32. The van der Waals surface area contributed by atoms with Crippen LogP contribution in [0.25, 0.3) is 0 Å². The van der Waals surface area contributed by atoms with E-state index in [0.717, 1.165) is 78.4 Å². The van der Waals surface area contributed by atoms with Crippen LogP contribution in [0, 0.1) is 5.92 Å². The fourth-order valence-corrected chi connectivity index (χ4v) is 22.0. The molecular weight excluding hydrogens is 1150 g/mol. The molecule has 4 saturated heterocycles. The van der Waals surface area contributed by atoms with E-state index in [0.29, 0.717) is 65.1 Å². The smallest absolute Gasteiger partial charge is 0.261 e. The Bertz CT molecular complexity index is 2830. The van der Waals surface area contributed by atoms with Crippen molar-refractivity contribution in [2.24, 2.45) is 5.92 Å². The van der Waals surface area contributed by atoms with Crippen LogP contribution in [0.15, 0.2) is 140 Å². The largest absolute Gasteiger partial charge is 0.497 e. The molecule has 13 atom stereocenters. The van der Waals surface area contributed by atoms with Crippen LogP contribution < -0.4 is 19.8 Å². The molecule has 1 spiro atoms. The van der Waals surface area contributed by atoms with Crippen LogP contribution >= 0.6 is 0 Å². The highest BCUT2D eigenvalue weighted by atomic mass is 28.4. The zero-order valence-electron chi connectivity index (χ0n) is 55.4. The lowest BCUT2D eigenvalue weighted by molar-refractivity contribution is -0.289. The van der Waals surface area contributed by atoms with Gasteiger partial charge in [-0.05, 0) is 133 Å². The highest BCUT2D eigenvalue weighted by Crippen LogP contribution is 2.46. The maximum absolute atomic E-state index is 12.9. The van der Waals surface area contributed by atoms with E-state index in [4.69, 9.17) is 51.5 Å². The van der Waals surface area contributed by atoms with E-state index >= 15 is 0 Å². The molecule has 5 aromatic carbocycles. The predicted octanol–water partition coefficient (Wildman–Crippen LogP) is 13.8. The first kappa shape index (κ1) is 69.0. The SMILES string of the molecule is CC[Si](CC)(CC)O[C@@H]1C[C@H]([C@H](O)[C@@H]2CC[C@]3(CCC[C@@H]([C@@H](C)CO[Si](c4ccccc4)(c4ccccc4)C(C)(C)C)O3)O2)O[C@H]1[C@@H](O)C[C@](C)(CC[C@@H](OCc1ccc(OC)cc1)[C@H]1CC[C@](C)(COCc2ccccc2)O1)OCc1ccc(OC)cc1. The molecule has 2 N–H and O–H groups in total. The number of aliphatic hydroxyl groups is 2. The molecular formula is C74H106O13Si2. The van der Waals surface area contributed by atoms with Gasteiger partial charge in [-0.25, -0.2) is 0 Å². The molecule has 89 heavy (non-hydrogen) atoms.